The summed E-state index contributed by atoms with van der Waals surface area (Å²) in [6.07, 6.45) is 0. The summed E-state index contributed by atoms with van der Waals surface area (Å²) < 4.78 is 11.0. The summed E-state index contributed by atoms with van der Waals surface area (Å²) in [6, 6.07) is 0. The number of rotatable bonds is 2. The zero-order valence-corrected chi connectivity index (χ0v) is 12.1. The summed E-state index contributed by atoms with van der Waals surface area (Å²) in [6.45, 7) is 12.3. The standard InChI is InChI=1S/2C4H9O.2ClH.Ti/c2*1-4(2,3)5;;;/h2*1-3H3;2*1H;/q2*-1;;;+4/p-2. The zero-order chi connectivity index (χ0) is 9.12. The molecule has 0 rings (SSSR count). The van der Waals surface area contributed by atoms with E-state index >= 15 is 0 Å². The molecule has 0 saturated carbocycles. The Kier molecular flexibility index (Phi) is 11.4. The van der Waals surface area contributed by atoms with E-state index in [0.29, 0.717) is 0 Å². The summed E-state index contributed by atoms with van der Waals surface area (Å²) in [4.78, 5) is 0. The van der Waals surface area contributed by atoms with Crippen LogP contribution < -0.4 is 24.8 Å². The van der Waals surface area contributed by atoms with Gasteiger partial charge < -0.3 is 24.8 Å². The normalized spacial score (nSPS) is 10.9. The summed E-state index contributed by atoms with van der Waals surface area (Å²) in [5, 5.41) is 0. The molecule has 0 atom stereocenters. The summed E-state index contributed by atoms with van der Waals surface area (Å²) >= 11 is -0.681. The average Bonchev–Trinajstić information content (AvgIpc) is 1.55. The first kappa shape index (κ1) is 19.7. The van der Waals surface area contributed by atoms with Gasteiger partial charge in [-0.1, -0.05) is 0 Å². The topological polar surface area (TPSA) is 18.5 Å². The molecular weight excluding hydrogens is 247 g/mol. The molecule has 0 aliphatic rings. The van der Waals surface area contributed by atoms with Crippen LogP contribution >= 0.6 is 0 Å². The maximum atomic E-state index is 5.51. The van der Waals surface area contributed by atoms with Crippen LogP contribution in [0.4, 0.5) is 0 Å². The average molecular weight is 265 g/mol. The molecule has 0 aromatic carbocycles. The third kappa shape index (κ3) is 19.6. The Bertz CT molecular complexity index is 104. The van der Waals surface area contributed by atoms with Crippen molar-refractivity contribution in [3.05, 3.63) is 0 Å². The molecule has 0 heterocycles. The molecule has 13 heavy (non-hydrogen) atoms. The maximum Gasteiger partial charge on any atom is -1.00 e. The van der Waals surface area contributed by atoms with Crippen LogP contribution in [0.1, 0.15) is 41.5 Å². The van der Waals surface area contributed by atoms with Gasteiger partial charge in [0.2, 0.25) is 0 Å². The SMILES string of the molecule is CC(C)(C)[O][Ti+2][O]C(C)(C)C.[Cl-].[Cl-]. The molecule has 0 amide bonds. The van der Waals surface area contributed by atoms with Gasteiger partial charge in [-0.05, 0) is 0 Å². The van der Waals surface area contributed by atoms with Gasteiger partial charge in [-0.2, -0.15) is 0 Å². The fourth-order valence-corrected chi connectivity index (χ4v) is 1.12. The molecule has 0 N–H and O–H groups in total. The Morgan fingerprint density at radius 1 is 0.692 bits per heavy atom. The number of halogens is 2. The molecule has 2 nitrogen and oxygen atoms in total. The predicted octanol–water partition coefficient (Wildman–Crippen LogP) is -3.46. The monoisotopic (exact) mass is 264 g/mol. The first-order valence-corrected chi connectivity index (χ1v) is 5.09. The Labute approximate surface area is 104 Å². The molecule has 0 aromatic rings. The van der Waals surface area contributed by atoms with Gasteiger partial charge in [0, 0.05) is 0 Å². The van der Waals surface area contributed by atoms with E-state index in [4.69, 9.17) is 6.64 Å². The van der Waals surface area contributed by atoms with Gasteiger partial charge in [0.25, 0.3) is 0 Å². The van der Waals surface area contributed by atoms with Crippen molar-refractivity contribution in [1.29, 1.82) is 0 Å². The van der Waals surface area contributed by atoms with Gasteiger partial charge in [-0.3, -0.25) is 0 Å². The maximum absolute atomic E-state index is 5.51. The Morgan fingerprint density at radius 3 is 1.08 bits per heavy atom. The zero-order valence-electron chi connectivity index (χ0n) is 9.07. The Morgan fingerprint density at radius 2 is 0.923 bits per heavy atom. The van der Waals surface area contributed by atoms with E-state index < -0.39 is 19.9 Å². The Hall–Kier alpha value is 1.21. The van der Waals surface area contributed by atoms with Crippen LogP contribution in [0.15, 0.2) is 0 Å². The third-order valence-electron chi connectivity index (χ3n) is 0.696. The molecule has 0 unspecified atom stereocenters. The van der Waals surface area contributed by atoms with Crippen molar-refractivity contribution in [2.24, 2.45) is 0 Å². The second-order valence-corrected chi connectivity index (χ2v) is 5.41. The largest absolute Gasteiger partial charge is 1.00 e. The third-order valence-corrected chi connectivity index (χ3v) is 2.87. The fourth-order valence-electron chi connectivity index (χ4n) is 0.271. The van der Waals surface area contributed by atoms with Crippen molar-refractivity contribution in [3.63, 3.8) is 0 Å². The number of hydrogen-bond donors (Lipinski definition) is 0. The minimum Gasteiger partial charge on any atom is -1.00 e. The predicted molar refractivity (Wildman–Crippen MR) is 41.7 cm³/mol. The van der Waals surface area contributed by atoms with Gasteiger partial charge in [0.05, 0.1) is 0 Å². The van der Waals surface area contributed by atoms with Crippen LogP contribution in [0.3, 0.4) is 0 Å². The smallest absolute Gasteiger partial charge is 1.00 e. The minimum absolute atomic E-state index is 0. The molecule has 0 aliphatic carbocycles. The van der Waals surface area contributed by atoms with Gasteiger partial charge >= 0.3 is 79.3 Å². The quantitative estimate of drug-likeness (QED) is 0.483. The van der Waals surface area contributed by atoms with E-state index in [2.05, 4.69) is 0 Å². The van der Waals surface area contributed by atoms with Crippen LogP contribution in [-0.4, -0.2) is 11.2 Å². The second-order valence-electron chi connectivity index (χ2n) is 4.51. The van der Waals surface area contributed by atoms with Crippen LogP contribution in [0.25, 0.3) is 0 Å². The van der Waals surface area contributed by atoms with Gasteiger partial charge in [-0.25, -0.2) is 0 Å². The Balaban J connectivity index is -0.000000500. The minimum atomic E-state index is -0.681. The van der Waals surface area contributed by atoms with E-state index in [1.54, 1.807) is 0 Å². The molecule has 0 spiro atoms. The summed E-state index contributed by atoms with van der Waals surface area (Å²) in [5.74, 6) is 0. The van der Waals surface area contributed by atoms with Gasteiger partial charge in [-0.15, -0.1) is 0 Å². The molecule has 0 radical (unpaired) electrons. The van der Waals surface area contributed by atoms with Crippen molar-refractivity contribution in [2.75, 3.05) is 0 Å². The van der Waals surface area contributed by atoms with E-state index in [1.165, 1.54) is 0 Å². The van der Waals surface area contributed by atoms with Gasteiger partial charge in [0.15, 0.2) is 0 Å². The summed E-state index contributed by atoms with van der Waals surface area (Å²) in [7, 11) is 0. The molecule has 0 saturated heterocycles. The first-order valence-electron chi connectivity index (χ1n) is 3.82. The van der Waals surface area contributed by atoms with E-state index in [9.17, 15) is 0 Å². The molecule has 0 aliphatic heterocycles. The van der Waals surface area contributed by atoms with E-state index in [1.807, 2.05) is 41.5 Å². The molecule has 0 fully saturated rings. The van der Waals surface area contributed by atoms with Crippen molar-refractivity contribution in [2.45, 2.75) is 52.7 Å². The molecule has 0 aromatic heterocycles. The van der Waals surface area contributed by atoms with Crippen molar-refractivity contribution < 1.29 is 51.4 Å². The second kappa shape index (κ2) is 7.50. The van der Waals surface area contributed by atoms with Crippen LogP contribution in [-0.2, 0) is 26.6 Å². The molecule has 0 bridgehead atoms. The molecule has 80 valence electrons. The molecular formula is C8H18Cl2O2Ti. The number of hydrogen-bond acceptors (Lipinski definition) is 2. The van der Waals surface area contributed by atoms with Crippen LogP contribution in [0, 0.1) is 0 Å². The van der Waals surface area contributed by atoms with E-state index in [0.717, 1.165) is 0 Å². The van der Waals surface area contributed by atoms with Crippen molar-refractivity contribution in [3.8, 4) is 0 Å². The van der Waals surface area contributed by atoms with Gasteiger partial charge in [0.1, 0.15) is 0 Å². The van der Waals surface area contributed by atoms with Crippen LogP contribution in [0.2, 0.25) is 0 Å². The first-order chi connectivity index (χ1) is 4.71. The molecule has 5 heteroatoms. The fraction of sp³-hybridized carbons (Fsp3) is 1.00. The van der Waals surface area contributed by atoms with Crippen molar-refractivity contribution >= 4 is 0 Å². The van der Waals surface area contributed by atoms with E-state index in [-0.39, 0.29) is 36.0 Å². The summed E-state index contributed by atoms with van der Waals surface area (Å²) in [5.41, 5.74) is -0.101. The van der Waals surface area contributed by atoms with Crippen molar-refractivity contribution in [1.82, 2.24) is 0 Å². The van der Waals surface area contributed by atoms with Crippen LogP contribution in [0.5, 0.6) is 0 Å².